The van der Waals surface area contributed by atoms with Crippen molar-refractivity contribution in [1.82, 2.24) is 0 Å². The summed E-state index contributed by atoms with van der Waals surface area (Å²) >= 11 is 0. The molecular formula is C5H14NaO3. The Morgan fingerprint density at radius 3 is 1.56 bits per heavy atom. The summed E-state index contributed by atoms with van der Waals surface area (Å²) in [5, 5.41) is 8.25. The van der Waals surface area contributed by atoms with E-state index in [4.69, 9.17) is 5.11 Å². The molecule has 0 rings (SSSR count). The molecule has 0 amide bonds. The molecule has 0 saturated heterocycles. The van der Waals surface area contributed by atoms with Gasteiger partial charge in [0.05, 0.1) is 5.41 Å². The van der Waals surface area contributed by atoms with Gasteiger partial charge in [0.15, 0.2) is 0 Å². The van der Waals surface area contributed by atoms with E-state index >= 15 is 0 Å². The van der Waals surface area contributed by atoms with E-state index in [1.54, 1.807) is 20.8 Å². The van der Waals surface area contributed by atoms with Gasteiger partial charge in [-0.3, -0.25) is 4.79 Å². The van der Waals surface area contributed by atoms with Crippen molar-refractivity contribution in [3.8, 4) is 0 Å². The number of rotatable bonds is 0. The van der Waals surface area contributed by atoms with Gasteiger partial charge < -0.3 is 10.6 Å². The molecule has 4 heteroatoms. The second-order valence-electron chi connectivity index (χ2n) is 2.56. The van der Waals surface area contributed by atoms with E-state index in [0.717, 1.165) is 0 Å². The molecule has 0 aromatic rings. The first-order chi connectivity index (χ1) is 2.94. The summed E-state index contributed by atoms with van der Waals surface area (Å²) in [6.07, 6.45) is 0. The van der Waals surface area contributed by atoms with Crippen LogP contribution >= 0.6 is 0 Å². The fourth-order valence-electron chi connectivity index (χ4n) is 0. The van der Waals surface area contributed by atoms with E-state index in [2.05, 4.69) is 0 Å². The van der Waals surface area contributed by atoms with Crippen LogP contribution in [0.1, 0.15) is 22.2 Å². The fourth-order valence-corrected chi connectivity index (χ4v) is 0. The predicted molar refractivity (Wildman–Crippen MR) is 38.6 cm³/mol. The Labute approximate surface area is 78.5 Å². The third kappa shape index (κ3) is 8.43. The van der Waals surface area contributed by atoms with Crippen LogP contribution in [0.2, 0.25) is 0 Å². The molecule has 0 aliphatic carbocycles. The molecule has 0 unspecified atom stereocenters. The van der Waals surface area contributed by atoms with Gasteiger partial charge in [-0.15, -0.1) is 0 Å². The second-order valence-corrected chi connectivity index (χ2v) is 2.56. The zero-order chi connectivity index (χ0) is 6.08. The quantitative estimate of drug-likeness (QED) is 0.493. The minimum atomic E-state index is -0.757. The SMILES string of the molecule is CC(C)(C)C(=O)O.O.[HH].[Na]. The van der Waals surface area contributed by atoms with Crippen molar-refractivity contribution >= 4 is 35.5 Å². The number of carbonyl (C=O) groups is 1. The van der Waals surface area contributed by atoms with E-state index in [9.17, 15) is 4.79 Å². The molecule has 0 fully saturated rings. The summed E-state index contributed by atoms with van der Waals surface area (Å²) in [6, 6.07) is 0. The summed E-state index contributed by atoms with van der Waals surface area (Å²) in [7, 11) is 0. The van der Waals surface area contributed by atoms with E-state index < -0.39 is 11.4 Å². The summed E-state index contributed by atoms with van der Waals surface area (Å²) in [4.78, 5) is 10.0. The first kappa shape index (κ1) is 16.2. The Morgan fingerprint density at radius 1 is 1.44 bits per heavy atom. The molecule has 0 aromatic heterocycles. The summed E-state index contributed by atoms with van der Waals surface area (Å²) in [5.74, 6) is -0.757. The van der Waals surface area contributed by atoms with E-state index in [1.807, 2.05) is 0 Å². The van der Waals surface area contributed by atoms with Gasteiger partial charge in [-0.1, -0.05) is 0 Å². The van der Waals surface area contributed by atoms with Crippen molar-refractivity contribution in [2.24, 2.45) is 5.41 Å². The standard InChI is InChI=1S/C5H10O2.Na.H2O.H2/c1-5(2,3)4(6)7;;;/h1-3H3,(H,6,7);;1H2;1H. The van der Waals surface area contributed by atoms with Crippen molar-refractivity contribution in [2.45, 2.75) is 20.8 Å². The van der Waals surface area contributed by atoms with Crippen LogP contribution in [0.4, 0.5) is 0 Å². The summed E-state index contributed by atoms with van der Waals surface area (Å²) in [5.41, 5.74) is -0.583. The van der Waals surface area contributed by atoms with Crippen molar-refractivity contribution in [1.29, 1.82) is 0 Å². The molecule has 3 nitrogen and oxygen atoms in total. The summed E-state index contributed by atoms with van der Waals surface area (Å²) in [6.45, 7) is 4.99. The molecule has 0 bridgehead atoms. The molecular weight excluding hydrogens is 131 g/mol. The normalized spacial score (nSPS) is 8.78. The molecule has 0 heterocycles. The zero-order valence-corrected chi connectivity index (χ0v) is 8.36. The first-order valence-corrected chi connectivity index (χ1v) is 2.18. The molecule has 53 valence electrons. The first-order valence-electron chi connectivity index (χ1n) is 2.18. The van der Waals surface area contributed by atoms with Crippen LogP contribution in [0.25, 0.3) is 0 Å². The van der Waals surface area contributed by atoms with Gasteiger partial charge in [0.1, 0.15) is 0 Å². The van der Waals surface area contributed by atoms with Crippen LogP contribution in [0.15, 0.2) is 0 Å². The number of hydrogen-bond donors (Lipinski definition) is 1. The number of carboxylic acid groups (broad SMARTS) is 1. The number of aliphatic carboxylic acids is 1. The largest absolute Gasteiger partial charge is 0.481 e. The maximum atomic E-state index is 10.0. The Balaban J connectivity index is -0.0000000600. The van der Waals surface area contributed by atoms with Crippen molar-refractivity contribution in [2.75, 3.05) is 0 Å². The minimum Gasteiger partial charge on any atom is -0.481 e. The van der Waals surface area contributed by atoms with Gasteiger partial charge in [-0.25, -0.2) is 0 Å². The third-order valence-corrected chi connectivity index (χ3v) is 0.642. The van der Waals surface area contributed by atoms with E-state index in [1.165, 1.54) is 0 Å². The topological polar surface area (TPSA) is 68.8 Å². The summed E-state index contributed by atoms with van der Waals surface area (Å²) < 4.78 is 0. The van der Waals surface area contributed by atoms with Crippen LogP contribution in [-0.4, -0.2) is 46.1 Å². The molecule has 0 atom stereocenters. The molecule has 1 radical (unpaired) electrons. The predicted octanol–water partition coefficient (Wildman–Crippen LogP) is 0.158. The Hall–Kier alpha value is 0.430. The van der Waals surface area contributed by atoms with Gasteiger partial charge >= 0.3 is 5.97 Å². The zero-order valence-electron chi connectivity index (χ0n) is 6.36. The fraction of sp³-hybridized carbons (Fsp3) is 0.800. The Bertz CT molecular complexity index is 89.4. The molecule has 0 aliphatic heterocycles. The van der Waals surface area contributed by atoms with E-state index in [-0.39, 0.29) is 36.5 Å². The van der Waals surface area contributed by atoms with Crippen molar-refractivity contribution in [3.63, 3.8) is 0 Å². The maximum Gasteiger partial charge on any atom is 0.308 e. The molecule has 9 heavy (non-hydrogen) atoms. The molecule has 3 N–H and O–H groups in total. The van der Waals surface area contributed by atoms with Crippen LogP contribution in [0.3, 0.4) is 0 Å². The molecule has 0 spiro atoms. The van der Waals surface area contributed by atoms with Crippen molar-refractivity contribution in [3.05, 3.63) is 0 Å². The molecule has 0 aromatic carbocycles. The van der Waals surface area contributed by atoms with Crippen LogP contribution in [0.5, 0.6) is 0 Å². The Kier molecular flexibility index (Phi) is 9.43. The average molecular weight is 145 g/mol. The van der Waals surface area contributed by atoms with Crippen LogP contribution < -0.4 is 0 Å². The van der Waals surface area contributed by atoms with Gasteiger partial charge in [0, 0.05) is 31.0 Å². The minimum absolute atomic E-state index is 0. The van der Waals surface area contributed by atoms with Gasteiger partial charge in [0.2, 0.25) is 0 Å². The molecule has 0 aliphatic rings. The van der Waals surface area contributed by atoms with Crippen LogP contribution in [-0.2, 0) is 4.79 Å². The average Bonchev–Trinajstić information content (AvgIpc) is 1.31. The monoisotopic (exact) mass is 145 g/mol. The third-order valence-electron chi connectivity index (χ3n) is 0.642. The van der Waals surface area contributed by atoms with Gasteiger partial charge in [-0.2, -0.15) is 0 Å². The smallest absolute Gasteiger partial charge is 0.308 e. The van der Waals surface area contributed by atoms with E-state index in [0.29, 0.717) is 0 Å². The van der Waals surface area contributed by atoms with Crippen LogP contribution in [0, 0.1) is 5.41 Å². The second kappa shape index (κ2) is 5.23. The van der Waals surface area contributed by atoms with Gasteiger partial charge in [0.25, 0.3) is 0 Å². The molecule has 0 saturated carbocycles. The number of hydrogen-bond acceptors (Lipinski definition) is 1. The number of carboxylic acids is 1. The van der Waals surface area contributed by atoms with Gasteiger partial charge in [-0.05, 0) is 20.8 Å². The maximum absolute atomic E-state index is 10.0. The Morgan fingerprint density at radius 2 is 1.56 bits per heavy atom. The van der Waals surface area contributed by atoms with Crippen molar-refractivity contribution < 1.29 is 16.8 Å².